The number of ketones is 1. The van der Waals surface area contributed by atoms with E-state index in [0.717, 1.165) is 22.3 Å². The molecule has 0 saturated carbocycles. The van der Waals surface area contributed by atoms with Crippen LogP contribution in [0.4, 0.5) is 0 Å². The van der Waals surface area contributed by atoms with Gasteiger partial charge < -0.3 is 0 Å². The molecule has 3 rings (SSSR count). The third kappa shape index (κ3) is 1.51. The van der Waals surface area contributed by atoms with E-state index in [1.807, 2.05) is 36.4 Å². The monoisotopic (exact) mass is 220 g/mol. The Kier molecular flexibility index (Phi) is 2.19. The highest BCUT2D eigenvalue weighted by atomic mass is 16.1. The van der Waals surface area contributed by atoms with Crippen LogP contribution in [0.15, 0.2) is 54.6 Å². The summed E-state index contributed by atoms with van der Waals surface area (Å²) in [7, 11) is 0. The Morgan fingerprint density at radius 3 is 2.06 bits per heavy atom. The number of allylic oxidation sites excluding steroid dienone is 1. The van der Waals surface area contributed by atoms with Crippen LogP contribution in [0.1, 0.15) is 27.0 Å². The van der Waals surface area contributed by atoms with Gasteiger partial charge in [0.25, 0.3) is 0 Å². The van der Waals surface area contributed by atoms with Crippen molar-refractivity contribution in [1.29, 1.82) is 0 Å². The van der Waals surface area contributed by atoms with E-state index in [1.54, 1.807) is 6.08 Å². The molecular weight excluding hydrogens is 208 g/mol. The summed E-state index contributed by atoms with van der Waals surface area (Å²) in [6, 6.07) is 15.9. The van der Waals surface area contributed by atoms with Gasteiger partial charge in [0.15, 0.2) is 5.78 Å². The van der Waals surface area contributed by atoms with Crippen LogP contribution in [-0.4, -0.2) is 5.78 Å². The number of carbonyl (C=O) groups is 1. The van der Waals surface area contributed by atoms with Gasteiger partial charge in [0.05, 0.1) is 0 Å². The molecule has 0 aromatic heterocycles. The number of aryl methyl sites for hydroxylation is 1. The summed E-state index contributed by atoms with van der Waals surface area (Å²) < 4.78 is 0. The van der Waals surface area contributed by atoms with Gasteiger partial charge in [0.1, 0.15) is 0 Å². The van der Waals surface area contributed by atoms with Crippen LogP contribution in [0.25, 0.3) is 5.57 Å². The lowest BCUT2D eigenvalue weighted by atomic mass is 9.96. The number of carbonyl (C=O) groups excluding carboxylic acids is 1. The predicted molar refractivity (Wildman–Crippen MR) is 69.0 cm³/mol. The summed E-state index contributed by atoms with van der Waals surface area (Å²) >= 11 is 0. The van der Waals surface area contributed by atoms with E-state index < -0.39 is 0 Å². The van der Waals surface area contributed by atoms with E-state index in [2.05, 4.69) is 19.1 Å². The number of fused-ring (bicyclic) bond motifs is 1. The van der Waals surface area contributed by atoms with Crippen molar-refractivity contribution >= 4 is 11.4 Å². The van der Waals surface area contributed by atoms with Gasteiger partial charge in [-0.2, -0.15) is 0 Å². The van der Waals surface area contributed by atoms with Gasteiger partial charge in [-0.3, -0.25) is 4.79 Å². The van der Waals surface area contributed by atoms with Crippen molar-refractivity contribution in [3.05, 3.63) is 76.9 Å². The first-order valence-electron chi connectivity index (χ1n) is 5.69. The molecule has 0 radical (unpaired) electrons. The lowest BCUT2D eigenvalue weighted by molar-refractivity contribution is 0.105. The normalized spacial score (nSPS) is 13.5. The first-order valence-corrected chi connectivity index (χ1v) is 5.69. The third-order valence-corrected chi connectivity index (χ3v) is 3.19. The lowest BCUT2D eigenvalue weighted by Crippen LogP contribution is -1.91. The van der Waals surface area contributed by atoms with Crippen LogP contribution in [0, 0.1) is 6.92 Å². The van der Waals surface area contributed by atoms with E-state index in [1.165, 1.54) is 5.56 Å². The molecule has 1 nitrogen and oxygen atoms in total. The van der Waals surface area contributed by atoms with E-state index in [4.69, 9.17) is 0 Å². The summed E-state index contributed by atoms with van der Waals surface area (Å²) in [6.45, 7) is 2.07. The largest absolute Gasteiger partial charge is 0.289 e. The minimum absolute atomic E-state index is 0.110. The molecule has 0 amide bonds. The van der Waals surface area contributed by atoms with Crippen molar-refractivity contribution in [2.24, 2.45) is 0 Å². The molecule has 0 aliphatic heterocycles. The van der Waals surface area contributed by atoms with Gasteiger partial charge in [-0.15, -0.1) is 0 Å². The Morgan fingerprint density at radius 1 is 0.765 bits per heavy atom. The fourth-order valence-electron chi connectivity index (χ4n) is 2.32. The maximum Gasteiger partial charge on any atom is 0.187 e. The Labute approximate surface area is 100 Å². The Hall–Kier alpha value is -2.15. The molecule has 0 atom stereocenters. The molecule has 0 heterocycles. The van der Waals surface area contributed by atoms with Gasteiger partial charge in [-0.25, -0.2) is 0 Å². The lowest BCUT2D eigenvalue weighted by Gasteiger charge is -2.08. The van der Waals surface area contributed by atoms with Gasteiger partial charge >= 0.3 is 0 Å². The van der Waals surface area contributed by atoms with Crippen LogP contribution in [0.2, 0.25) is 0 Å². The zero-order valence-corrected chi connectivity index (χ0v) is 9.60. The van der Waals surface area contributed by atoms with Crippen molar-refractivity contribution < 1.29 is 4.79 Å². The molecule has 1 heteroatoms. The molecule has 82 valence electrons. The van der Waals surface area contributed by atoms with Gasteiger partial charge in [0.2, 0.25) is 0 Å². The topological polar surface area (TPSA) is 17.1 Å². The molecule has 0 fully saturated rings. The first-order chi connectivity index (χ1) is 8.27. The molecule has 0 saturated heterocycles. The highest BCUT2D eigenvalue weighted by Crippen LogP contribution is 2.33. The molecular formula is C16H12O. The van der Waals surface area contributed by atoms with Crippen LogP contribution in [-0.2, 0) is 0 Å². The van der Waals surface area contributed by atoms with Crippen LogP contribution in [0.3, 0.4) is 0 Å². The molecule has 0 bridgehead atoms. The average Bonchev–Trinajstić information content (AvgIpc) is 2.68. The molecule has 0 N–H and O–H groups in total. The summed E-state index contributed by atoms with van der Waals surface area (Å²) in [6.07, 6.45) is 1.74. The van der Waals surface area contributed by atoms with Crippen LogP contribution < -0.4 is 0 Å². The molecule has 1 aliphatic carbocycles. The molecule has 2 aromatic carbocycles. The minimum atomic E-state index is 0.110. The van der Waals surface area contributed by atoms with E-state index in [-0.39, 0.29) is 5.78 Å². The van der Waals surface area contributed by atoms with Crippen molar-refractivity contribution in [1.82, 2.24) is 0 Å². The number of hydrogen-bond donors (Lipinski definition) is 0. The smallest absolute Gasteiger partial charge is 0.187 e. The van der Waals surface area contributed by atoms with E-state index in [9.17, 15) is 4.79 Å². The standard InChI is InChI=1S/C16H12O/c1-11-6-2-3-7-12(11)15-10-16(17)14-9-5-4-8-13(14)15/h2-10H,1H3. The molecule has 0 unspecified atom stereocenters. The Balaban J connectivity index is 2.22. The fraction of sp³-hybridized carbons (Fsp3) is 0.0625. The van der Waals surface area contributed by atoms with Crippen molar-refractivity contribution in [2.75, 3.05) is 0 Å². The first kappa shape index (κ1) is 10.0. The zero-order valence-electron chi connectivity index (χ0n) is 9.60. The highest BCUT2D eigenvalue weighted by molar-refractivity contribution is 6.18. The quantitative estimate of drug-likeness (QED) is 0.717. The van der Waals surface area contributed by atoms with E-state index >= 15 is 0 Å². The Morgan fingerprint density at radius 2 is 1.35 bits per heavy atom. The third-order valence-electron chi connectivity index (χ3n) is 3.19. The van der Waals surface area contributed by atoms with Crippen molar-refractivity contribution in [3.63, 3.8) is 0 Å². The van der Waals surface area contributed by atoms with Crippen LogP contribution >= 0.6 is 0 Å². The van der Waals surface area contributed by atoms with Gasteiger partial charge in [-0.1, -0.05) is 48.5 Å². The summed E-state index contributed by atoms with van der Waals surface area (Å²) in [5, 5.41) is 0. The number of rotatable bonds is 1. The minimum Gasteiger partial charge on any atom is -0.289 e. The zero-order chi connectivity index (χ0) is 11.8. The second-order valence-corrected chi connectivity index (χ2v) is 4.28. The van der Waals surface area contributed by atoms with Gasteiger partial charge in [-0.05, 0) is 35.3 Å². The van der Waals surface area contributed by atoms with E-state index in [0.29, 0.717) is 0 Å². The molecule has 2 aromatic rings. The average molecular weight is 220 g/mol. The van der Waals surface area contributed by atoms with Crippen molar-refractivity contribution in [3.8, 4) is 0 Å². The second kappa shape index (κ2) is 3.70. The summed E-state index contributed by atoms with van der Waals surface area (Å²) in [5.41, 5.74) is 5.25. The fourth-order valence-corrected chi connectivity index (χ4v) is 2.32. The molecule has 1 aliphatic rings. The predicted octanol–water partition coefficient (Wildman–Crippen LogP) is 3.62. The highest BCUT2D eigenvalue weighted by Gasteiger charge is 2.21. The number of benzene rings is 2. The van der Waals surface area contributed by atoms with Gasteiger partial charge in [0, 0.05) is 5.56 Å². The van der Waals surface area contributed by atoms with Crippen LogP contribution in [0.5, 0.6) is 0 Å². The Bertz CT molecular complexity index is 635. The maximum atomic E-state index is 11.9. The second-order valence-electron chi connectivity index (χ2n) is 4.28. The number of hydrogen-bond acceptors (Lipinski definition) is 1. The molecule has 0 spiro atoms. The maximum absolute atomic E-state index is 11.9. The molecule has 17 heavy (non-hydrogen) atoms. The van der Waals surface area contributed by atoms with Crippen molar-refractivity contribution in [2.45, 2.75) is 6.92 Å². The summed E-state index contributed by atoms with van der Waals surface area (Å²) in [5.74, 6) is 0.110. The SMILES string of the molecule is Cc1ccccc1C1=CC(=O)c2ccccc21. The summed E-state index contributed by atoms with van der Waals surface area (Å²) in [4.78, 5) is 11.9.